The van der Waals surface area contributed by atoms with Crippen molar-refractivity contribution in [3.05, 3.63) is 23.9 Å². The first-order valence-electron chi connectivity index (χ1n) is 7.08. The highest BCUT2D eigenvalue weighted by Crippen LogP contribution is 2.31. The van der Waals surface area contributed by atoms with Crippen LogP contribution in [0.25, 0.3) is 0 Å². The van der Waals surface area contributed by atoms with E-state index in [-0.39, 0.29) is 11.7 Å². The second-order valence-electron chi connectivity index (χ2n) is 5.64. The zero-order valence-corrected chi connectivity index (χ0v) is 11.7. The van der Waals surface area contributed by atoms with Crippen LogP contribution in [0.2, 0.25) is 0 Å². The molecule has 2 saturated heterocycles. The van der Waals surface area contributed by atoms with Gasteiger partial charge in [0.15, 0.2) is 0 Å². The highest BCUT2D eigenvalue weighted by Gasteiger charge is 2.41. The van der Waals surface area contributed by atoms with E-state index < -0.39 is 0 Å². The lowest BCUT2D eigenvalue weighted by molar-refractivity contribution is -0.160. The van der Waals surface area contributed by atoms with E-state index in [4.69, 9.17) is 14.7 Å². The maximum absolute atomic E-state index is 8.98. The van der Waals surface area contributed by atoms with Crippen LogP contribution in [0.1, 0.15) is 25.5 Å². The molecule has 106 valence electrons. The Hall–Kier alpha value is -1.64. The van der Waals surface area contributed by atoms with E-state index in [1.54, 1.807) is 6.07 Å². The largest absolute Gasteiger partial charge is 0.378 e. The number of anilines is 1. The number of nitrogens with zero attached hydrogens (tertiary/aromatic N) is 3. The van der Waals surface area contributed by atoms with Gasteiger partial charge in [0.05, 0.1) is 19.3 Å². The van der Waals surface area contributed by atoms with Gasteiger partial charge in [0.2, 0.25) is 0 Å². The van der Waals surface area contributed by atoms with Crippen LogP contribution >= 0.6 is 0 Å². The lowest BCUT2D eigenvalue weighted by Gasteiger charge is -2.47. The van der Waals surface area contributed by atoms with Crippen molar-refractivity contribution in [2.45, 2.75) is 31.5 Å². The Labute approximate surface area is 119 Å². The van der Waals surface area contributed by atoms with E-state index in [9.17, 15) is 0 Å². The van der Waals surface area contributed by atoms with Crippen molar-refractivity contribution < 1.29 is 9.47 Å². The standard InChI is InChI=1S/C15H19N3O2/c1-12-9-18(14-5-2-4-13(8-16)17-14)10-15(20-12)6-3-7-19-11-15/h2,4-5,12H,3,6-7,9-11H2,1H3/t12-,15-/m1/s1. The molecule has 0 bridgehead atoms. The summed E-state index contributed by atoms with van der Waals surface area (Å²) in [5.41, 5.74) is 0.232. The summed E-state index contributed by atoms with van der Waals surface area (Å²) in [6.45, 7) is 5.12. The second-order valence-corrected chi connectivity index (χ2v) is 5.64. The third kappa shape index (κ3) is 2.62. The number of aromatic nitrogens is 1. The van der Waals surface area contributed by atoms with Gasteiger partial charge in [0, 0.05) is 13.2 Å². The lowest BCUT2D eigenvalue weighted by atomic mass is 9.93. The summed E-state index contributed by atoms with van der Waals surface area (Å²) in [7, 11) is 0. The number of hydrogen-bond donors (Lipinski definition) is 0. The minimum atomic E-state index is -0.222. The average Bonchev–Trinajstić information content (AvgIpc) is 2.47. The molecule has 3 rings (SSSR count). The summed E-state index contributed by atoms with van der Waals surface area (Å²) in [6.07, 6.45) is 2.19. The molecule has 2 fully saturated rings. The van der Waals surface area contributed by atoms with Crippen molar-refractivity contribution in [3.8, 4) is 6.07 Å². The minimum absolute atomic E-state index is 0.137. The third-order valence-electron chi connectivity index (χ3n) is 3.87. The Morgan fingerprint density at radius 1 is 1.50 bits per heavy atom. The van der Waals surface area contributed by atoms with Crippen LogP contribution in [0.15, 0.2) is 18.2 Å². The molecule has 1 aromatic heterocycles. The first-order chi connectivity index (χ1) is 9.71. The maximum atomic E-state index is 8.98. The molecule has 0 unspecified atom stereocenters. The van der Waals surface area contributed by atoms with Crippen LogP contribution in [-0.4, -0.2) is 43.0 Å². The fraction of sp³-hybridized carbons (Fsp3) is 0.600. The SMILES string of the molecule is C[C@@H]1CN(c2cccc(C#N)n2)C[C@@]2(CCCOC2)O1. The van der Waals surface area contributed by atoms with Gasteiger partial charge in [-0.15, -0.1) is 0 Å². The number of hydrogen-bond acceptors (Lipinski definition) is 5. The molecule has 2 aliphatic rings. The van der Waals surface area contributed by atoms with Gasteiger partial charge < -0.3 is 14.4 Å². The summed E-state index contributed by atoms with van der Waals surface area (Å²) in [6, 6.07) is 7.66. The van der Waals surface area contributed by atoms with Crippen LogP contribution in [-0.2, 0) is 9.47 Å². The van der Waals surface area contributed by atoms with Gasteiger partial charge >= 0.3 is 0 Å². The normalized spacial score (nSPS) is 30.2. The lowest BCUT2D eigenvalue weighted by Crippen LogP contribution is -2.58. The predicted octanol–water partition coefficient (Wildman–Crippen LogP) is 1.73. The average molecular weight is 273 g/mol. The Morgan fingerprint density at radius 2 is 2.40 bits per heavy atom. The van der Waals surface area contributed by atoms with Crippen molar-refractivity contribution in [2.75, 3.05) is 31.2 Å². The number of pyridine rings is 1. The van der Waals surface area contributed by atoms with Gasteiger partial charge in [-0.25, -0.2) is 4.98 Å². The molecule has 2 atom stereocenters. The van der Waals surface area contributed by atoms with Crippen LogP contribution < -0.4 is 4.90 Å². The topological polar surface area (TPSA) is 58.4 Å². The summed E-state index contributed by atoms with van der Waals surface area (Å²) < 4.78 is 11.8. The monoisotopic (exact) mass is 273 g/mol. The summed E-state index contributed by atoms with van der Waals surface area (Å²) in [4.78, 5) is 6.61. The fourth-order valence-corrected chi connectivity index (χ4v) is 3.10. The maximum Gasteiger partial charge on any atom is 0.142 e. The zero-order valence-electron chi connectivity index (χ0n) is 11.7. The van der Waals surface area contributed by atoms with Crippen molar-refractivity contribution in [3.63, 3.8) is 0 Å². The van der Waals surface area contributed by atoms with Crippen LogP contribution in [0.3, 0.4) is 0 Å². The smallest absolute Gasteiger partial charge is 0.142 e. The molecular formula is C15H19N3O2. The van der Waals surface area contributed by atoms with E-state index in [0.29, 0.717) is 12.3 Å². The van der Waals surface area contributed by atoms with E-state index >= 15 is 0 Å². The molecule has 5 nitrogen and oxygen atoms in total. The van der Waals surface area contributed by atoms with Crippen molar-refractivity contribution >= 4 is 5.82 Å². The van der Waals surface area contributed by atoms with Gasteiger partial charge in [-0.3, -0.25) is 0 Å². The van der Waals surface area contributed by atoms with E-state index in [2.05, 4.69) is 22.9 Å². The first kappa shape index (κ1) is 13.3. The molecule has 0 aromatic carbocycles. The molecular weight excluding hydrogens is 254 g/mol. The summed E-state index contributed by atoms with van der Waals surface area (Å²) >= 11 is 0. The van der Waals surface area contributed by atoms with Crippen molar-refractivity contribution in [1.82, 2.24) is 4.98 Å². The van der Waals surface area contributed by atoms with Crippen molar-refractivity contribution in [1.29, 1.82) is 5.26 Å². The molecule has 0 saturated carbocycles. The summed E-state index contributed by atoms with van der Waals surface area (Å²) in [5, 5.41) is 8.98. The number of rotatable bonds is 1. The molecule has 0 radical (unpaired) electrons. The van der Waals surface area contributed by atoms with Gasteiger partial charge in [-0.1, -0.05) is 6.07 Å². The molecule has 1 aromatic rings. The predicted molar refractivity (Wildman–Crippen MR) is 74.5 cm³/mol. The molecule has 3 heterocycles. The quantitative estimate of drug-likeness (QED) is 0.780. The molecule has 20 heavy (non-hydrogen) atoms. The summed E-state index contributed by atoms with van der Waals surface area (Å²) in [5.74, 6) is 0.851. The first-order valence-corrected chi connectivity index (χ1v) is 7.08. The van der Waals surface area contributed by atoms with Crippen molar-refractivity contribution in [2.24, 2.45) is 0 Å². The number of nitriles is 1. The number of morpholine rings is 1. The van der Waals surface area contributed by atoms with Gasteiger partial charge in [0.1, 0.15) is 23.2 Å². The molecule has 0 aliphatic carbocycles. The van der Waals surface area contributed by atoms with E-state index in [1.807, 2.05) is 12.1 Å². The van der Waals surface area contributed by atoms with Crippen LogP contribution in [0, 0.1) is 11.3 Å². The molecule has 5 heteroatoms. The highest BCUT2D eigenvalue weighted by molar-refractivity contribution is 5.43. The fourth-order valence-electron chi connectivity index (χ4n) is 3.10. The van der Waals surface area contributed by atoms with E-state index in [1.165, 1.54) is 0 Å². The van der Waals surface area contributed by atoms with Crippen LogP contribution in [0.5, 0.6) is 0 Å². The van der Waals surface area contributed by atoms with Crippen LogP contribution in [0.4, 0.5) is 5.82 Å². The molecule has 0 N–H and O–H groups in total. The molecule has 2 aliphatic heterocycles. The molecule has 0 amide bonds. The van der Waals surface area contributed by atoms with Gasteiger partial charge in [-0.2, -0.15) is 5.26 Å². The van der Waals surface area contributed by atoms with E-state index in [0.717, 1.165) is 38.4 Å². The highest BCUT2D eigenvalue weighted by atomic mass is 16.6. The third-order valence-corrected chi connectivity index (χ3v) is 3.87. The van der Waals surface area contributed by atoms with Gasteiger partial charge in [0.25, 0.3) is 0 Å². The minimum Gasteiger partial charge on any atom is -0.378 e. The molecule has 1 spiro atoms. The Morgan fingerprint density at radius 3 is 3.15 bits per heavy atom. The Kier molecular flexibility index (Phi) is 3.60. The second kappa shape index (κ2) is 5.39. The Balaban J connectivity index is 1.83. The Bertz CT molecular complexity index is 520. The van der Waals surface area contributed by atoms with Gasteiger partial charge in [-0.05, 0) is 31.9 Å². The zero-order chi connectivity index (χ0) is 14.0. The number of ether oxygens (including phenoxy) is 2.